The lowest BCUT2D eigenvalue weighted by Gasteiger charge is -2.11. The molecule has 0 aliphatic heterocycles. The molecule has 0 heterocycles. The Morgan fingerprint density at radius 1 is 1.31 bits per heavy atom. The van der Waals surface area contributed by atoms with Gasteiger partial charge < -0.3 is 14.6 Å². The topological polar surface area (TPSA) is 80.2 Å². The van der Waals surface area contributed by atoms with Crippen LogP contribution in [-0.2, 0) is 4.79 Å². The normalized spacial score (nSPS) is 10.8. The Bertz CT molecular complexity index is 831. The fourth-order valence-corrected chi connectivity index (χ4v) is 2.89. The summed E-state index contributed by atoms with van der Waals surface area (Å²) in [6.45, 7) is 2.00. The van der Waals surface area contributed by atoms with Crippen molar-refractivity contribution in [3.8, 4) is 17.2 Å². The first-order chi connectivity index (χ1) is 12.4. The minimum absolute atomic E-state index is 0.0187. The lowest BCUT2D eigenvalue weighted by molar-refractivity contribution is -0.123. The first-order valence-electron chi connectivity index (χ1n) is 7.46. The van der Waals surface area contributed by atoms with Crippen LogP contribution < -0.4 is 14.9 Å². The van der Waals surface area contributed by atoms with Gasteiger partial charge in [-0.3, -0.25) is 4.79 Å². The number of hydrogen-bond acceptors (Lipinski definition) is 5. The summed E-state index contributed by atoms with van der Waals surface area (Å²) in [6, 6.07) is 8.35. The number of nitrogens with one attached hydrogen (secondary N) is 1. The van der Waals surface area contributed by atoms with Gasteiger partial charge in [-0.1, -0.05) is 17.7 Å². The van der Waals surface area contributed by atoms with Crippen molar-refractivity contribution < 1.29 is 19.4 Å². The molecule has 2 aromatic rings. The van der Waals surface area contributed by atoms with E-state index in [1.807, 2.05) is 6.92 Å². The Balaban J connectivity index is 1.98. The number of halogens is 3. The SMILES string of the molecule is CCOc1cc(/C=N/NC(=O)COc2cccc(Cl)c2)c(Br)c(Br)c1O. The number of aromatic hydroxyl groups is 1. The number of phenolic OH excluding ortho intramolecular Hbond substituents is 1. The molecule has 1 amide bonds. The van der Waals surface area contributed by atoms with Crippen LogP contribution in [0, 0.1) is 0 Å². The van der Waals surface area contributed by atoms with Crippen molar-refractivity contribution in [3.05, 3.63) is 49.9 Å². The van der Waals surface area contributed by atoms with Crippen molar-refractivity contribution in [2.75, 3.05) is 13.2 Å². The molecule has 9 heteroatoms. The molecular weight excluding hydrogens is 491 g/mol. The van der Waals surface area contributed by atoms with Gasteiger partial charge in [-0.2, -0.15) is 5.10 Å². The highest BCUT2D eigenvalue weighted by Crippen LogP contribution is 2.41. The zero-order valence-electron chi connectivity index (χ0n) is 13.6. The smallest absolute Gasteiger partial charge is 0.277 e. The van der Waals surface area contributed by atoms with Crippen LogP contribution in [-0.4, -0.2) is 30.4 Å². The number of phenols is 1. The minimum atomic E-state index is -0.430. The fraction of sp³-hybridized carbons (Fsp3) is 0.176. The van der Waals surface area contributed by atoms with Gasteiger partial charge in [0.05, 0.1) is 17.3 Å². The summed E-state index contributed by atoms with van der Waals surface area (Å²) in [6.07, 6.45) is 1.42. The van der Waals surface area contributed by atoms with Crippen LogP contribution in [0.4, 0.5) is 0 Å². The van der Waals surface area contributed by atoms with E-state index < -0.39 is 5.91 Å². The van der Waals surface area contributed by atoms with E-state index in [9.17, 15) is 9.90 Å². The van der Waals surface area contributed by atoms with Gasteiger partial charge in [0.2, 0.25) is 0 Å². The molecule has 0 atom stereocenters. The average molecular weight is 507 g/mol. The number of nitrogens with zero attached hydrogens (tertiary/aromatic N) is 1. The number of hydrazone groups is 1. The van der Waals surface area contributed by atoms with Crippen LogP contribution in [0.25, 0.3) is 0 Å². The maximum Gasteiger partial charge on any atom is 0.277 e. The van der Waals surface area contributed by atoms with Crippen molar-refractivity contribution in [1.82, 2.24) is 5.43 Å². The fourth-order valence-electron chi connectivity index (χ4n) is 1.88. The van der Waals surface area contributed by atoms with Crippen LogP contribution in [0.5, 0.6) is 17.2 Å². The highest BCUT2D eigenvalue weighted by Gasteiger charge is 2.14. The molecule has 6 nitrogen and oxygen atoms in total. The summed E-state index contributed by atoms with van der Waals surface area (Å²) >= 11 is 12.5. The Kier molecular flexibility index (Phi) is 7.74. The predicted octanol–water partition coefficient (Wildman–Crippen LogP) is 4.50. The summed E-state index contributed by atoms with van der Waals surface area (Å²) in [5.41, 5.74) is 2.97. The third-order valence-corrected chi connectivity index (χ3v) is 5.43. The number of rotatable bonds is 7. The predicted molar refractivity (Wildman–Crippen MR) is 107 cm³/mol. The summed E-state index contributed by atoms with van der Waals surface area (Å²) in [4.78, 5) is 11.8. The molecule has 26 heavy (non-hydrogen) atoms. The number of hydrogen-bond donors (Lipinski definition) is 2. The number of carbonyl (C=O) groups is 1. The van der Waals surface area contributed by atoms with E-state index in [2.05, 4.69) is 42.4 Å². The molecule has 0 aromatic heterocycles. The van der Waals surface area contributed by atoms with Crippen molar-refractivity contribution in [2.45, 2.75) is 6.92 Å². The Morgan fingerprint density at radius 2 is 2.08 bits per heavy atom. The summed E-state index contributed by atoms with van der Waals surface area (Å²) in [5, 5.41) is 14.4. The molecule has 0 radical (unpaired) electrons. The molecule has 0 fully saturated rings. The monoisotopic (exact) mass is 504 g/mol. The van der Waals surface area contributed by atoms with E-state index >= 15 is 0 Å². The highest BCUT2D eigenvalue weighted by atomic mass is 79.9. The molecule has 138 valence electrons. The van der Waals surface area contributed by atoms with Gasteiger partial charge >= 0.3 is 0 Å². The second kappa shape index (κ2) is 9.80. The van der Waals surface area contributed by atoms with Gasteiger partial charge in [-0.25, -0.2) is 5.43 Å². The first-order valence-corrected chi connectivity index (χ1v) is 9.42. The number of benzene rings is 2. The Labute approximate surface area is 172 Å². The molecule has 0 aliphatic rings. The lowest BCUT2D eigenvalue weighted by atomic mass is 10.2. The molecule has 2 rings (SSSR count). The van der Waals surface area contributed by atoms with E-state index in [1.54, 1.807) is 30.3 Å². The number of ether oxygens (including phenoxy) is 2. The third kappa shape index (κ3) is 5.62. The molecule has 0 bridgehead atoms. The maximum absolute atomic E-state index is 11.8. The van der Waals surface area contributed by atoms with Crippen molar-refractivity contribution in [2.24, 2.45) is 5.10 Å². The molecular formula is C17H15Br2ClN2O4. The molecule has 2 N–H and O–H groups in total. The zero-order chi connectivity index (χ0) is 19.1. The first kappa shape index (κ1) is 20.5. The highest BCUT2D eigenvalue weighted by molar-refractivity contribution is 9.13. The maximum atomic E-state index is 11.8. The second-order valence-electron chi connectivity index (χ2n) is 4.91. The van der Waals surface area contributed by atoms with Crippen molar-refractivity contribution in [1.29, 1.82) is 0 Å². The van der Waals surface area contributed by atoms with E-state index in [4.69, 9.17) is 21.1 Å². The molecule has 0 saturated heterocycles. The molecule has 0 spiro atoms. The van der Waals surface area contributed by atoms with E-state index in [-0.39, 0.29) is 12.4 Å². The standard InChI is InChI=1S/C17H15Br2ClN2O4/c1-2-25-13-6-10(15(18)16(19)17(13)24)8-21-22-14(23)9-26-12-5-3-4-11(20)7-12/h3-8,24H,2,9H2,1H3,(H,22,23)/b21-8+. The summed E-state index contributed by atoms with van der Waals surface area (Å²) < 4.78 is 11.7. The quantitative estimate of drug-likeness (QED) is 0.428. The van der Waals surface area contributed by atoms with Crippen LogP contribution in [0.15, 0.2) is 44.4 Å². The van der Waals surface area contributed by atoms with Crippen molar-refractivity contribution >= 4 is 55.6 Å². The van der Waals surface area contributed by atoms with Crippen molar-refractivity contribution in [3.63, 3.8) is 0 Å². The van der Waals surface area contributed by atoms with Gasteiger partial charge in [0, 0.05) is 15.1 Å². The van der Waals surface area contributed by atoms with E-state index in [0.717, 1.165) is 0 Å². The van der Waals surface area contributed by atoms with Crippen LogP contribution in [0.1, 0.15) is 12.5 Å². The van der Waals surface area contributed by atoms with Gasteiger partial charge in [-0.05, 0) is 63.0 Å². The zero-order valence-corrected chi connectivity index (χ0v) is 17.6. The molecule has 0 unspecified atom stereocenters. The van der Waals surface area contributed by atoms with Crippen LogP contribution >= 0.6 is 43.5 Å². The van der Waals surface area contributed by atoms with E-state index in [0.29, 0.717) is 37.6 Å². The van der Waals surface area contributed by atoms with E-state index in [1.165, 1.54) is 6.21 Å². The molecule has 2 aromatic carbocycles. The minimum Gasteiger partial charge on any atom is -0.503 e. The van der Waals surface area contributed by atoms with Gasteiger partial charge in [0.15, 0.2) is 18.1 Å². The van der Waals surface area contributed by atoms with Crippen LogP contribution in [0.3, 0.4) is 0 Å². The number of carbonyl (C=O) groups excluding carboxylic acids is 1. The van der Waals surface area contributed by atoms with Gasteiger partial charge in [0.25, 0.3) is 5.91 Å². The third-order valence-electron chi connectivity index (χ3n) is 3.03. The largest absolute Gasteiger partial charge is 0.503 e. The lowest BCUT2D eigenvalue weighted by Crippen LogP contribution is -2.24. The second-order valence-corrected chi connectivity index (χ2v) is 6.94. The summed E-state index contributed by atoms with van der Waals surface area (Å²) in [5.74, 6) is 0.345. The van der Waals surface area contributed by atoms with Gasteiger partial charge in [0.1, 0.15) is 5.75 Å². The average Bonchev–Trinajstić information content (AvgIpc) is 2.62. The Morgan fingerprint density at radius 3 is 2.77 bits per heavy atom. The Hall–Kier alpha value is -1.77. The van der Waals surface area contributed by atoms with Crippen LogP contribution in [0.2, 0.25) is 5.02 Å². The molecule has 0 saturated carbocycles. The summed E-state index contributed by atoms with van der Waals surface area (Å²) in [7, 11) is 0. The van der Waals surface area contributed by atoms with Gasteiger partial charge in [-0.15, -0.1) is 0 Å². The number of amides is 1. The molecule has 0 aliphatic carbocycles.